The van der Waals surface area contributed by atoms with Crippen molar-refractivity contribution in [2.24, 2.45) is 11.7 Å². The van der Waals surface area contributed by atoms with Crippen molar-refractivity contribution >= 4 is 21.8 Å². The minimum atomic E-state index is -3.59. The summed E-state index contributed by atoms with van der Waals surface area (Å²) in [6, 6.07) is 14.7. The number of nitrogens with two attached hydrogens (primary N) is 1. The molecule has 32 heavy (non-hydrogen) atoms. The molecular weight excluding hydrogens is 426 g/mol. The third-order valence-corrected chi connectivity index (χ3v) is 7.97. The molecule has 3 rings (SSSR count). The van der Waals surface area contributed by atoms with E-state index in [1.807, 2.05) is 50.2 Å². The van der Waals surface area contributed by atoms with Gasteiger partial charge in [-0.3, -0.25) is 9.59 Å². The number of carbonyl (C=O) groups is 2. The summed E-state index contributed by atoms with van der Waals surface area (Å²) in [5, 5.41) is 0. The predicted molar refractivity (Wildman–Crippen MR) is 123 cm³/mol. The van der Waals surface area contributed by atoms with E-state index in [1.54, 1.807) is 17.0 Å². The number of sulfonamides is 1. The zero-order chi connectivity index (χ0) is 23.3. The summed E-state index contributed by atoms with van der Waals surface area (Å²) < 4.78 is 27.6. The second-order valence-corrected chi connectivity index (χ2v) is 10.3. The second kappa shape index (κ2) is 10.3. The summed E-state index contributed by atoms with van der Waals surface area (Å²) in [5.74, 6) is -0.790. The van der Waals surface area contributed by atoms with Crippen LogP contribution in [0.4, 0.5) is 0 Å². The predicted octanol–water partition coefficient (Wildman–Crippen LogP) is 2.61. The second-order valence-electron chi connectivity index (χ2n) is 8.39. The van der Waals surface area contributed by atoms with Gasteiger partial charge in [-0.25, -0.2) is 8.42 Å². The number of benzene rings is 2. The quantitative estimate of drug-likeness (QED) is 0.658. The lowest BCUT2D eigenvalue weighted by Crippen LogP contribution is -2.44. The van der Waals surface area contributed by atoms with Crippen molar-refractivity contribution in [1.82, 2.24) is 9.21 Å². The first-order chi connectivity index (χ1) is 15.2. The average Bonchev–Trinajstić information content (AvgIpc) is 2.78. The van der Waals surface area contributed by atoms with E-state index >= 15 is 0 Å². The number of aryl methyl sites for hydroxylation is 2. The molecule has 0 bridgehead atoms. The van der Waals surface area contributed by atoms with Crippen LogP contribution in [0.15, 0.2) is 53.4 Å². The fourth-order valence-electron chi connectivity index (χ4n) is 3.94. The first-order valence-corrected chi connectivity index (χ1v) is 12.3. The number of amides is 2. The zero-order valence-electron chi connectivity index (χ0n) is 18.7. The Kier molecular flexibility index (Phi) is 7.69. The fraction of sp³-hybridized carbons (Fsp3) is 0.417. The lowest BCUT2D eigenvalue weighted by atomic mass is 9.96. The Morgan fingerprint density at radius 1 is 1.03 bits per heavy atom. The van der Waals surface area contributed by atoms with Crippen molar-refractivity contribution in [3.63, 3.8) is 0 Å². The lowest BCUT2D eigenvalue weighted by Gasteiger charge is -2.34. The van der Waals surface area contributed by atoms with E-state index in [9.17, 15) is 18.0 Å². The van der Waals surface area contributed by atoms with E-state index < -0.39 is 15.9 Å². The number of hydrogen-bond acceptors (Lipinski definition) is 4. The maximum absolute atomic E-state index is 13.2. The third-order valence-electron chi connectivity index (χ3n) is 6.08. The van der Waals surface area contributed by atoms with E-state index in [0.717, 1.165) is 16.7 Å². The molecule has 0 aliphatic carbocycles. The summed E-state index contributed by atoms with van der Waals surface area (Å²) in [5.41, 5.74) is 8.25. The van der Waals surface area contributed by atoms with Gasteiger partial charge in [-0.05, 0) is 55.5 Å². The Bertz CT molecular complexity index is 1060. The van der Waals surface area contributed by atoms with Gasteiger partial charge >= 0.3 is 0 Å². The standard InChI is InChI=1S/C24H31N3O4S/c1-18-8-9-22(16-19(18)2)32(30,31)27-14-10-21(11-15-27)24(29)26(13-12-23(25)28)17-20-6-4-3-5-7-20/h3-9,16,21H,10-15,17H2,1-2H3,(H2,25,28). The van der Waals surface area contributed by atoms with Crippen LogP contribution in [0, 0.1) is 19.8 Å². The molecule has 0 radical (unpaired) electrons. The minimum absolute atomic E-state index is 0.0571. The summed E-state index contributed by atoms with van der Waals surface area (Å²) in [7, 11) is -3.59. The zero-order valence-corrected chi connectivity index (χ0v) is 19.5. The van der Waals surface area contributed by atoms with Crippen LogP contribution < -0.4 is 5.73 Å². The summed E-state index contributed by atoms with van der Waals surface area (Å²) in [6.45, 7) is 5.08. The fourth-order valence-corrected chi connectivity index (χ4v) is 5.50. The van der Waals surface area contributed by atoms with Crippen LogP contribution in [0.2, 0.25) is 0 Å². The molecule has 0 spiro atoms. The van der Waals surface area contributed by atoms with E-state index in [-0.39, 0.29) is 29.7 Å². The molecule has 2 amide bonds. The molecule has 0 aromatic heterocycles. The van der Waals surface area contributed by atoms with Crippen LogP contribution in [0.5, 0.6) is 0 Å². The van der Waals surface area contributed by atoms with Gasteiger partial charge in [0.1, 0.15) is 0 Å². The Hall–Kier alpha value is -2.71. The summed E-state index contributed by atoms with van der Waals surface area (Å²) >= 11 is 0. The molecule has 1 aliphatic heterocycles. The number of primary amides is 1. The first kappa shape index (κ1) is 23.9. The van der Waals surface area contributed by atoms with Crippen LogP contribution in [0.3, 0.4) is 0 Å². The molecule has 1 fully saturated rings. The van der Waals surface area contributed by atoms with Crippen LogP contribution in [-0.4, -0.2) is 49.1 Å². The Morgan fingerprint density at radius 3 is 2.28 bits per heavy atom. The van der Waals surface area contributed by atoms with Gasteiger partial charge < -0.3 is 10.6 Å². The highest BCUT2D eigenvalue weighted by molar-refractivity contribution is 7.89. The van der Waals surface area contributed by atoms with Gasteiger partial charge in [0.25, 0.3) is 0 Å². The van der Waals surface area contributed by atoms with E-state index in [2.05, 4.69) is 0 Å². The van der Waals surface area contributed by atoms with Crippen molar-refractivity contribution in [2.45, 2.75) is 44.6 Å². The number of carbonyl (C=O) groups excluding carboxylic acids is 2. The molecule has 172 valence electrons. The Morgan fingerprint density at radius 2 is 1.69 bits per heavy atom. The monoisotopic (exact) mass is 457 g/mol. The Labute approximate surface area is 190 Å². The maximum atomic E-state index is 13.2. The number of hydrogen-bond donors (Lipinski definition) is 1. The molecule has 0 unspecified atom stereocenters. The van der Waals surface area contributed by atoms with E-state index in [0.29, 0.717) is 32.5 Å². The van der Waals surface area contributed by atoms with Crippen LogP contribution in [-0.2, 0) is 26.2 Å². The van der Waals surface area contributed by atoms with Crippen LogP contribution in [0.25, 0.3) is 0 Å². The number of rotatable bonds is 8. The molecule has 7 nitrogen and oxygen atoms in total. The molecule has 0 saturated carbocycles. The van der Waals surface area contributed by atoms with Crippen molar-refractivity contribution in [1.29, 1.82) is 0 Å². The smallest absolute Gasteiger partial charge is 0.243 e. The molecule has 2 N–H and O–H groups in total. The molecule has 0 atom stereocenters. The highest BCUT2D eigenvalue weighted by atomic mass is 32.2. The van der Waals surface area contributed by atoms with Crippen molar-refractivity contribution in [3.05, 3.63) is 65.2 Å². The molecule has 8 heteroatoms. The van der Waals surface area contributed by atoms with Gasteiger partial charge in [-0.15, -0.1) is 0 Å². The van der Waals surface area contributed by atoms with Crippen molar-refractivity contribution in [3.8, 4) is 0 Å². The number of piperidine rings is 1. The van der Waals surface area contributed by atoms with Gasteiger partial charge in [0.2, 0.25) is 21.8 Å². The maximum Gasteiger partial charge on any atom is 0.243 e. The third kappa shape index (κ3) is 5.75. The lowest BCUT2D eigenvalue weighted by molar-refractivity contribution is -0.137. The summed E-state index contributed by atoms with van der Waals surface area (Å²) in [4.78, 5) is 26.5. The van der Waals surface area contributed by atoms with Crippen LogP contribution >= 0.6 is 0 Å². The van der Waals surface area contributed by atoms with E-state index in [4.69, 9.17) is 5.73 Å². The minimum Gasteiger partial charge on any atom is -0.370 e. The average molecular weight is 458 g/mol. The van der Waals surface area contributed by atoms with Gasteiger partial charge in [-0.1, -0.05) is 36.4 Å². The normalized spacial score (nSPS) is 15.4. The topological polar surface area (TPSA) is 101 Å². The Balaban J connectivity index is 1.67. The molecule has 1 aliphatic rings. The van der Waals surface area contributed by atoms with Crippen LogP contribution in [0.1, 0.15) is 36.0 Å². The summed E-state index contributed by atoms with van der Waals surface area (Å²) in [6.07, 6.45) is 0.994. The van der Waals surface area contributed by atoms with Gasteiger partial charge in [0, 0.05) is 38.5 Å². The SMILES string of the molecule is Cc1ccc(S(=O)(=O)N2CCC(C(=O)N(CCC(N)=O)Cc3ccccc3)CC2)cc1C. The molecule has 2 aromatic carbocycles. The van der Waals surface area contributed by atoms with Gasteiger partial charge in [0.05, 0.1) is 4.90 Å². The van der Waals surface area contributed by atoms with Gasteiger partial charge in [0.15, 0.2) is 0 Å². The highest BCUT2D eigenvalue weighted by Crippen LogP contribution is 2.26. The largest absolute Gasteiger partial charge is 0.370 e. The number of nitrogens with zero attached hydrogens (tertiary/aromatic N) is 2. The van der Waals surface area contributed by atoms with Gasteiger partial charge in [-0.2, -0.15) is 4.31 Å². The highest BCUT2D eigenvalue weighted by Gasteiger charge is 2.34. The molecular formula is C24H31N3O4S. The molecule has 2 aromatic rings. The molecule has 1 heterocycles. The van der Waals surface area contributed by atoms with Crippen molar-refractivity contribution < 1.29 is 18.0 Å². The molecule has 1 saturated heterocycles. The van der Waals surface area contributed by atoms with E-state index in [1.165, 1.54) is 4.31 Å². The first-order valence-electron chi connectivity index (χ1n) is 10.9. The van der Waals surface area contributed by atoms with Crippen molar-refractivity contribution in [2.75, 3.05) is 19.6 Å².